The highest BCUT2D eigenvalue weighted by molar-refractivity contribution is 6.36. The lowest BCUT2D eigenvalue weighted by atomic mass is 9.92. The SMILES string of the molecule is CC(=O)Nc1cc2c3c(cc(NC(C)=O)cc3c1)C(=O)N(c1cccc(C(=O)O)c1)C2=O. The molecule has 0 unspecified atom stereocenters. The van der Waals surface area contributed by atoms with E-state index in [1.807, 2.05) is 0 Å². The minimum atomic E-state index is -1.20. The van der Waals surface area contributed by atoms with Crippen LogP contribution in [0.5, 0.6) is 0 Å². The first-order valence-electron chi connectivity index (χ1n) is 9.55. The van der Waals surface area contributed by atoms with Crippen molar-refractivity contribution in [1.82, 2.24) is 0 Å². The van der Waals surface area contributed by atoms with Crippen LogP contribution in [0.2, 0.25) is 0 Å². The molecule has 3 aromatic rings. The number of hydrogen-bond acceptors (Lipinski definition) is 5. The van der Waals surface area contributed by atoms with Crippen LogP contribution < -0.4 is 15.5 Å². The summed E-state index contributed by atoms with van der Waals surface area (Å²) in [5, 5.41) is 15.4. The maximum atomic E-state index is 13.4. The van der Waals surface area contributed by atoms with Crippen LogP contribution in [-0.4, -0.2) is 34.7 Å². The van der Waals surface area contributed by atoms with Gasteiger partial charge in [-0.15, -0.1) is 0 Å². The number of hydrogen-bond donors (Lipinski definition) is 3. The summed E-state index contributed by atoms with van der Waals surface area (Å²) >= 11 is 0. The van der Waals surface area contributed by atoms with Crippen LogP contribution in [0.1, 0.15) is 44.9 Å². The van der Waals surface area contributed by atoms with Gasteiger partial charge in [0.25, 0.3) is 11.8 Å². The van der Waals surface area contributed by atoms with Crippen molar-refractivity contribution in [2.24, 2.45) is 0 Å². The van der Waals surface area contributed by atoms with Crippen molar-refractivity contribution in [1.29, 1.82) is 0 Å². The van der Waals surface area contributed by atoms with Gasteiger partial charge in [0.1, 0.15) is 0 Å². The normalized spacial score (nSPS) is 12.6. The number of carboxylic acids is 1. The van der Waals surface area contributed by atoms with Crippen molar-refractivity contribution in [3.8, 4) is 0 Å². The van der Waals surface area contributed by atoms with Crippen LogP contribution >= 0.6 is 0 Å². The van der Waals surface area contributed by atoms with Gasteiger partial charge in [-0.3, -0.25) is 19.2 Å². The number of aromatic carboxylic acids is 1. The molecule has 4 rings (SSSR count). The average molecular weight is 431 g/mol. The summed E-state index contributed by atoms with van der Waals surface area (Å²) in [7, 11) is 0. The first kappa shape index (κ1) is 20.7. The van der Waals surface area contributed by atoms with Gasteiger partial charge >= 0.3 is 5.97 Å². The number of anilines is 3. The van der Waals surface area contributed by atoms with Crippen molar-refractivity contribution in [2.45, 2.75) is 13.8 Å². The minimum Gasteiger partial charge on any atom is -0.478 e. The van der Waals surface area contributed by atoms with E-state index in [0.717, 1.165) is 4.90 Å². The molecule has 0 saturated carbocycles. The number of carboxylic acid groups (broad SMARTS) is 1. The highest BCUT2D eigenvalue weighted by Gasteiger charge is 2.35. The van der Waals surface area contributed by atoms with Crippen molar-refractivity contribution >= 4 is 57.4 Å². The van der Waals surface area contributed by atoms with Crippen LogP contribution in [0.4, 0.5) is 17.1 Å². The maximum absolute atomic E-state index is 13.4. The van der Waals surface area contributed by atoms with Crippen LogP contribution in [-0.2, 0) is 9.59 Å². The molecule has 1 aliphatic heterocycles. The van der Waals surface area contributed by atoms with E-state index >= 15 is 0 Å². The fourth-order valence-corrected chi connectivity index (χ4v) is 3.75. The molecule has 0 atom stereocenters. The Morgan fingerprint density at radius 3 is 1.81 bits per heavy atom. The number of nitrogens with one attached hydrogen (secondary N) is 2. The zero-order valence-electron chi connectivity index (χ0n) is 17.1. The Bertz CT molecular complexity index is 1290. The summed E-state index contributed by atoms with van der Waals surface area (Å²) in [6, 6.07) is 11.6. The Labute approximate surface area is 181 Å². The molecule has 0 spiro atoms. The van der Waals surface area contributed by atoms with Gasteiger partial charge in [0.15, 0.2) is 0 Å². The summed E-state index contributed by atoms with van der Waals surface area (Å²) in [5.41, 5.74) is 1.01. The molecule has 0 aromatic heterocycles. The van der Waals surface area contributed by atoms with E-state index in [9.17, 15) is 29.1 Å². The minimum absolute atomic E-state index is 0.0852. The van der Waals surface area contributed by atoms with Crippen LogP contribution in [0.15, 0.2) is 48.5 Å². The lowest BCUT2D eigenvalue weighted by Crippen LogP contribution is -2.40. The topological polar surface area (TPSA) is 133 Å². The highest BCUT2D eigenvalue weighted by atomic mass is 16.4. The van der Waals surface area contributed by atoms with Crippen molar-refractivity contribution < 1.29 is 29.1 Å². The second kappa shape index (κ2) is 7.62. The predicted molar refractivity (Wildman–Crippen MR) is 117 cm³/mol. The van der Waals surface area contributed by atoms with Crippen molar-refractivity contribution in [3.63, 3.8) is 0 Å². The van der Waals surface area contributed by atoms with Gasteiger partial charge in [-0.2, -0.15) is 0 Å². The molecular weight excluding hydrogens is 414 g/mol. The smallest absolute Gasteiger partial charge is 0.335 e. The van der Waals surface area contributed by atoms with E-state index in [1.54, 1.807) is 12.1 Å². The van der Waals surface area contributed by atoms with E-state index in [1.165, 1.54) is 50.2 Å². The Morgan fingerprint density at radius 1 is 0.812 bits per heavy atom. The fourth-order valence-electron chi connectivity index (χ4n) is 3.75. The predicted octanol–water partition coefficient (Wildman–Crippen LogP) is 3.26. The molecule has 0 bridgehead atoms. The van der Waals surface area contributed by atoms with Gasteiger partial charge in [0, 0.05) is 30.6 Å². The van der Waals surface area contributed by atoms with Gasteiger partial charge in [-0.1, -0.05) is 6.07 Å². The third-order valence-electron chi connectivity index (χ3n) is 4.91. The number of imide groups is 1. The number of rotatable bonds is 4. The van der Waals surface area contributed by atoms with Crippen molar-refractivity contribution in [2.75, 3.05) is 15.5 Å². The Hall–Kier alpha value is -4.53. The van der Waals surface area contributed by atoms with E-state index < -0.39 is 17.8 Å². The molecule has 160 valence electrons. The zero-order valence-corrected chi connectivity index (χ0v) is 17.1. The number of amides is 4. The Morgan fingerprint density at radius 2 is 1.34 bits per heavy atom. The molecule has 1 aliphatic rings. The van der Waals surface area contributed by atoms with E-state index in [0.29, 0.717) is 22.1 Å². The zero-order chi connectivity index (χ0) is 23.2. The molecule has 0 saturated heterocycles. The second-order valence-electron chi connectivity index (χ2n) is 7.31. The Balaban J connectivity index is 1.97. The average Bonchev–Trinajstić information content (AvgIpc) is 2.71. The largest absolute Gasteiger partial charge is 0.478 e. The summed E-state index contributed by atoms with van der Waals surface area (Å²) in [5.74, 6) is -3.21. The number of nitrogens with zero attached hydrogens (tertiary/aromatic N) is 1. The quantitative estimate of drug-likeness (QED) is 0.543. The molecule has 0 aliphatic carbocycles. The molecule has 9 nitrogen and oxygen atoms in total. The van der Waals surface area contributed by atoms with Crippen LogP contribution in [0, 0.1) is 0 Å². The maximum Gasteiger partial charge on any atom is 0.335 e. The first-order valence-corrected chi connectivity index (χ1v) is 9.55. The molecule has 3 N–H and O–H groups in total. The number of benzene rings is 3. The summed E-state index contributed by atoms with van der Waals surface area (Å²) in [4.78, 5) is 62.2. The second-order valence-corrected chi connectivity index (χ2v) is 7.31. The van der Waals surface area contributed by atoms with Crippen LogP contribution in [0.3, 0.4) is 0 Å². The number of carbonyl (C=O) groups excluding carboxylic acids is 4. The van der Waals surface area contributed by atoms with E-state index in [4.69, 9.17) is 0 Å². The third-order valence-corrected chi connectivity index (χ3v) is 4.91. The monoisotopic (exact) mass is 431 g/mol. The first-order chi connectivity index (χ1) is 15.2. The van der Waals surface area contributed by atoms with Crippen molar-refractivity contribution in [3.05, 3.63) is 65.2 Å². The van der Waals surface area contributed by atoms with Gasteiger partial charge in [-0.25, -0.2) is 9.69 Å². The van der Waals surface area contributed by atoms with E-state index in [2.05, 4.69) is 10.6 Å². The fraction of sp³-hybridized carbons (Fsp3) is 0.0870. The molecule has 9 heteroatoms. The summed E-state index contributed by atoms with van der Waals surface area (Å²) < 4.78 is 0. The molecule has 3 aromatic carbocycles. The molecule has 0 fully saturated rings. The molecule has 1 heterocycles. The lowest BCUT2D eigenvalue weighted by molar-refractivity contribution is -0.115. The molecule has 32 heavy (non-hydrogen) atoms. The molecule has 4 amide bonds. The Kier molecular flexibility index (Phi) is 4.94. The van der Waals surface area contributed by atoms with Gasteiger partial charge in [-0.05, 0) is 47.9 Å². The van der Waals surface area contributed by atoms with Gasteiger partial charge in [0.05, 0.1) is 22.4 Å². The summed E-state index contributed by atoms with van der Waals surface area (Å²) in [6.45, 7) is 2.65. The highest BCUT2D eigenvalue weighted by Crippen LogP contribution is 2.37. The molecular formula is C23H17N3O6. The standard InChI is InChI=1S/C23H17N3O6/c1-11(27)24-15-6-14-7-16(25-12(2)28)10-19-20(14)18(9-15)21(29)26(22(19)30)17-5-3-4-13(8-17)23(31)32/h3-10H,1-2H3,(H,24,27)(H,25,28)(H,31,32). The third kappa shape index (κ3) is 3.56. The molecule has 0 radical (unpaired) electrons. The van der Waals surface area contributed by atoms with E-state index in [-0.39, 0.29) is 34.2 Å². The van der Waals surface area contributed by atoms with Crippen LogP contribution in [0.25, 0.3) is 10.8 Å². The lowest BCUT2D eigenvalue weighted by Gasteiger charge is -2.28. The van der Waals surface area contributed by atoms with Gasteiger partial charge in [0.2, 0.25) is 11.8 Å². The summed E-state index contributed by atoms with van der Waals surface area (Å²) in [6.07, 6.45) is 0. The van der Waals surface area contributed by atoms with Gasteiger partial charge < -0.3 is 15.7 Å². The number of carbonyl (C=O) groups is 5.